The SMILES string of the molecule is CC(=O)NCC1CCCN1C1CCCCO1. The molecule has 0 aromatic heterocycles. The van der Waals surface area contributed by atoms with Crippen molar-refractivity contribution in [2.45, 2.75) is 51.3 Å². The summed E-state index contributed by atoms with van der Waals surface area (Å²) in [6.45, 7) is 4.37. The van der Waals surface area contributed by atoms with Gasteiger partial charge in [-0.3, -0.25) is 9.69 Å². The molecule has 1 N–H and O–H groups in total. The van der Waals surface area contributed by atoms with E-state index >= 15 is 0 Å². The molecule has 4 nitrogen and oxygen atoms in total. The highest BCUT2D eigenvalue weighted by atomic mass is 16.5. The van der Waals surface area contributed by atoms with E-state index in [0.717, 1.165) is 26.1 Å². The van der Waals surface area contributed by atoms with Crippen LogP contribution in [0.15, 0.2) is 0 Å². The summed E-state index contributed by atoms with van der Waals surface area (Å²) in [6.07, 6.45) is 6.32. The molecule has 2 fully saturated rings. The van der Waals surface area contributed by atoms with Gasteiger partial charge in [0, 0.05) is 32.7 Å². The summed E-state index contributed by atoms with van der Waals surface area (Å²) in [5.41, 5.74) is 0. The largest absolute Gasteiger partial charge is 0.363 e. The summed E-state index contributed by atoms with van der Waals surface area (Å²) < 4.78 is 5.81. The van der Waals surface area contributed by atoms with Gasteiger partial charge >= 0.3 is 0 Å². The first-order valence-electron chi connectivity index (χ1n) is 6.39. The second kappa shape index (κ2) is 5.64. The van der Waals surface area contributed by atoms with Crippen LogP contribution in [0, 0.1) is 0 Å². The second-order valence-electron chi connectivity index (χ2n) is 4.79. The van der Waals surface area contributed by atoms with Crippen LogP contribution in [0.2, 0.25) is 0 Å². The van der Waals surface area contributed by atoms with Crippen molar-refractivity contribution >= 4 is 5.91 Å². The Bertz CT molecular complexity index is 239. The number of hydrogen-bond acceptors (Lipinski definition) is 3. The Hall–Kier alpha value is -0.610. The Morgan fingerprint density at radius 1 is 1.38 bits per heavy atom. The summed E-state index contributed by atoms with van der Waals surface area (Å²) in [4.78, 5) is 13.4. The fraction of sp³-hybridized carbons (Fsp3) is 0.917. The first-order chi connectivity index (χ1) is 7.77. The molecule has 4 heteroatoms. The lowest BCUT2D eigenvalue weighted by atomic mass is 10.1. The average Bonchev–Trinajstić information content (AvgIpc) is 2.75. The standard InChI is InChI=1S/C12H22N2O2/c1-10(15)13-9-11-5-4-7-14(11)12-6-2-3-8-16-12/h11-12H,2-9H2,1H3,(H,13,15). The number of carbonyl (C=O) groups excluding carboxylic acids is 1. The minimum absolute atomic E-state index is 0.0661. The highest BCUT2D eigenvalue weighted by Gasteiger charge is 2.31. The molecule has 16 heavy (non-hydrogen) atoms. The lowest BCUT2D eigenvalue weighted by molar-refractivity contribution is -0.120. The number of rotatable bonds is 3. The van der Waals surface area contributed by atoms with E-state index in [4.69, 9.17) is 4.74 Å². The first-order valence-corrected chi connectivity index (χ1v) is 6.39. The van der Waals surface area contributed by atoms with Gasteiger partial charge in [-0.2, -0.15) is 0 Å². The van der Waals surface area contributed by atoms with E-state index in [1.165, 1.54) is 25.7 Å². The normalized spacial score (nSPS) is 31.6. The van der Waals surface area contributed by atoms with Gasteiger partial charge in [0.05, 0.1) is 0 Å². The van der Waals surface area contributed by atoms with Gasteiger partial charge in [0.25, 0.3) is 0 Å². The lowest BCUT2D eigenvalue weighted by Crippen LogP contribution is -2.47. The third kappa shape index (κ3) is 2.95. The number of amides is 1. The molecule has 0 aliphatic carbocycles. The van der Waals surface area contributed by atoms with Crippen LogP contribution in [0.25, 0.3) is 0 Å². The maximum Gasteiger partial charge on any atom is 0.216 e. The van der Waals surface area contributed by atoms with E-state index in [1.54, 1.807) is 6.92 Å². The van der Waals surface area contributed by atoms with Crippen LogP contribution in [0.1, 0.15) is 39.0 Å². The van der Waals surface area contributed by atoms with Gasteiger partial charge < -0.3 is 10.1 Å². The molecule has 0 aromatic rings. The summed E-state index contributed by atoms with van der Waals surface area (Å²) >= 11 is 0. The molecular formula is C12H22N2O2. The van der Waals surface area contributed by atoms with Crippen LogP contribution in [0.5, 0.6) is 0 Å². The molecule has 2 unspecified atom stereocenters. The molecule has 2 rings (SSSR count). The van der Waals surface area contributed by atoms with Crippen LogP contribution in [-0.2, 0) is 9.53 Å². The fourth-order valence-electron chi connectivity index (χ4n) is 2.70. The molecule has 0 aromatic carbocycles. The molecule has 0 saturated carbocycles. The van der Waals surface area contributed by atoms with Crippen molar-refractivity contribution in [2.24, 2.45) is 0 Å². The zero-order valence-corrected chi connectivity index (χ0v) is 10.1. The van der Waals surface area contributed by atoms with Gasteiger partial charge in [-0.15, -0.1) is 0 Å². The molecular weight excluding hydrogens is 204 g/mol. The summed E-state index contributed by atoms with van der Waals surface area (Å²) in [5, 5.41) is 2.92. The molecule has 2 aliphatic heterocycles. The van der Waals surface area contributed by atoms with Gasteiger partial charge in [0.1, 0.15) is 6.23 Å². The fourth-order valence-corrected chi connectivity index (χ4v) is 2.70. The van der Waals surface area contributed by atoms with Crippen molar-refractivity contribution in [1.82, 2.24) is 10.2 Å². The number of ether oxygens (including phenoxy) is 1. The molecule has 2 saturated heterocycles. The van der Waals surface area contributed by atoms with Gasteiger partial charge in [-0.25, -0.2) is 0 Å². The van der Waals surface area contributed by atoms with Gasteiger partial charge in [-0.05, 0) is 32.1 Å². The highest BCUT2D eigenvalue weighted by molar-refractivity contribution is 5.72. The smallest absolute Gasteiger partial charge is 0.216 e. The minimum Gasteiger partial charge on any atom is -0.363 e. The van der Waals surface area contributed by atoms with Crippen molar-refractivity contribution in [3.8, 4) is 0 Å². The maximum atomic E-state index is 10.9. The quantitative estimate of drug-likeness (QED) is 0.784. The maximum absolute atomic E-state index is 10.9. The molecule has 1 amide bonds. The van der Waals surface area contributed by atoms with Gasteiger partial charge in [-0.1, -0.05) is 0 Å². The third-order valence-electron chi connectivity index (χ3n) is 3.53. The minimum atomic E-state index is 0.0661. The van der Waals surface area contributed by atoms with E-state index in [-0.39, 0.29) is 5.91 Å². The Morgan fingerprint density at radius 2 is 2.25 bits per heavy atom. The summed E-state index contributed by atoms with van der Waals surface area (Å²) in [7, 11) is 0. The van der Waals surface area contributed by atoms with E-state index in [1.807, 2.05) is 0 Å². The van der Waals surface area contributed by atoms with Gasteiger partial charge in [0.15, 0.2) is 0 Å². The van der Waals surface area contributed by atoms with Crippen molar-refractivity contribution in [3.63, 3.8) is 0 Å². The lowest BCUT2D eigenvalue weighted by Gasteiger charge is -2.35. The monoisotopic (exact) mass is 226 g/mol. The zero-order chi connectivity index (χ0) is 11.4. The molecule has 0 bridgehead atoms. The topological polar surface area (TPSA) is 41.6 Å². The van der Waals surface area contributed by atoms with Crippen LogP contribution in [-0.4, -0.2) is 42.8 Å². The van der Waals surface area contributed by atoms with Crippen LogP contribution in [0.4, 0.5) is 0 Å². The van der Waals surface area contributed by atoms with Crippen molar-refractivity contribution in [3.05, 3.63) is 0 Å². The number of nitrogens with one attached hydrogen (secondary N) is 1. The Labute approximate surface area is 97.3 Å². The first kappa shape index (κ1) is 11.9. The predicted molar refractivity (Wildman–Crippen MR) is 62.0 cm³/mol. The van der Waals surface area contributed by atoms with Crippen molar-refractivity contribution in [2.75, 3.05) is 19.7 Å². The molecule has 92 valence electrons. The molecule has 0 radical (unpaired) electrons. The average molecular weight is 226 g/mol. The molecule has 2 aliphatic rings. The molecule has 2 atom stereocenters. The van der Waals surface area contributed by atoms with Gasteiger partial charge in [0.2, 0.25) is 5.91 Å². The molecule has 2 heterocycles. The summed E-state index contributed by atoms with van der Waals surface area (Å²) in [6, 6.07) is 0.479. The van der Waals surface area contributed by atoms with Crippen LogP contribution < -0.4 is 5.32 Å². The number of hydrogen-bond donors (Lipinski definition) is 1. The second-order valence-corrected chi connectivity index (χ2v) is 4.79. The number of likely N-dealkylation sites (tertiary alicyclic amines) is 1. The highest BCUT2D eigenvalue weighted by Crippen LogP contribution is 2.25. The van der Waals surface area contributed by atoms with Crippen LogP contribution >= 0.6 is 0 Å². The van der Waals surface area contributed by atoms with E-state index in [9.17, 15) is 4.79 Å². The van der Waals surface area contributed by atoms with Crippen LogP contribution in [0.3, 0.4) is 0 Å². The Morgan fingerprint density at radius 3 is 2.94 bits per heavy atom. The molecule has 0 spiro atoms. The zero-order valence-electron chi connectivity index (χ0n) is 10.1. The van der Waals surface area contributed by atoms with Crippen molar-refractivity contribution < 1.29 is 9.53 Å². The Balaban J connectivity index is 1.84. The van der Waals surface area contributed by atoms with Crippen molar-refractivity contribution in [1.29, 1.82) is 0 Å². The summed E-state index contributed by atoms with van der Waals surface area (Å²) in [5.74, 6) is 0.0661. The van der Waals surface area contributed by atoms with E-state index < -0.39 is 0 Å². The van der Waals surface area contributed by atoms with E-state index in [0.29, 0.717) is 12.3 Å². The number of nitrogens with zero attached hydrogens (tertiary/aromatic N) is 1. The number of carbonyl (C=O) groups is 1. The predicted octanol–water partition coefficient (Wildman–Crippen LogP) is 1.11. The Kier molecular flexibility index (Phi) is 4.18. The van der Waals surface area contributed by atoms with E-state index in [2.05, 4.69) is 10.2 Å². The third-order valence-corrected chi connectivity index (χ3v) is 3.53.